The zero-order valence-electron chi connectivity index (χ0n) is 17.6. The maximum atomic E-state index is 12.9. The molecular formula is C23H28O7. The van der Waals surface area contributed by atoms with Gasteiger partial charge in [-0.2, -0.15) is 0 Å². The third-order valence-electron chi connectivity index (χ3n) is 7.63. The van der Waals surface area contributed by atoms with Crippen LogP contribution in [0.25, 0.3) is 0 Å². The highest BCUT2D eigenvalue weighted by Gasteiger charge is 2.75. The minimum atomic E-state index is -1.16. The molecule has 0 radical (unpaired) electrons. The van der Waals surface area contributed by atoms with Gasteiger partial charge in [0.15, 0.2) is 0 Å². The quantitative estimate of drug-likeness (QED) is 0.511. The van der Waals surface area contributed by atoms with Crippen molar-refractivity contribution in [3.05, 3.63) is 34.9 Å². The molecule has 7 nitrogen and oxygen atoms in total. The van der Waals surface area contributed by atoms with Crippen LogP contribution in [0.15, 0.2) is 23.8 Å². The van der Waals surface area contributed by atoms with Gasteiger partial charge in [0.1, 0.15) is 35.1 Å². The van der Waals surface area contributed by atoms with Crippen molar-refractivity contribution in [1.82, 2.24) is 0 Å². The molecule has 0 aliphatic heterocycles. The molecule has 1 aromatic rings. The number of aryl methyl sites for hydroxylation is 1. The monoisotopic (exact) mass is 416 g/mol. The Kier molecular flexibility index (Phi) is 4.56. The van der Waals surface area contributed by atoms with Crippen molar-refractivity contribution in [2.75, 3.05) is 7.11 Å². The second-order valence-electron chi connectivity index (χ2n) is 9.42. The normalized spacial score (nSPS) is 39.4. The minimum absolute atomic E-state index is 0.0360. The lowest BCUT2D eigenvalue weighted by Gasteiger charge is -2.67. The Hall–Kier alpha value is -2.38. The Morgan fingerprint density at radius 3 is 2.57 bits per heavy atom. The fourth-order valence-corrected chi connectivity index (χ4v) is 6.50. The second-order valence-corrected chi connectivity index (χ2v) is 9.42. The standard InChI is InChI=1S/C23H28O7/c1-12-5-17-21(3)10-18(23(21,29-4)14(11-24)9-22(17,28)8-12)30-20(27)19-13(2)6-15(25)7-16(19)26/h6-7,9,11-12,17-18,25-26,28H,5,8,10H2,1-4H3. The van der Waals surface area contributed by atoms with E-state index in [0.29, 0.717) is 30.6 Å². The Morgan fingerprint density at radius 1 is 1.27 bits per heavy atom. The number of carbonyl (C=O) groups is 2. The molecule has 6 unspecified atom stereocenters. The third-order valence-corrected chi connectivity index (χ3v) is 7.63. The summed E-state index contributed by atoms with van der Waals surface area (Å²) in [7, 11) is 1.49. The van der Waals surface area contributed by atoms with Crippen molar-refractivity contribution >= 4 is 12.3 Å². The predicted molar refractivity (Wildman–Crippen MR) is 107 cm³/mol. The lowest BCUT2D eigenvalue weighted by Crippen LogP contribution is -2.75. The maximum Gasteiger partial charge on any atom is 0.342 e. The average Bonchev–Trinajstić information content (AvgIpc) is 2.94. The van der Waals surface area contributed by atoms with Gasteiger partial charge in [-0.3, -0.25) is 4.79 Å². The second kappa shape index (κ2) is 6.56. The van der Waals surface area contributed by atoms with Gasteiger partial charge in [-0.1, -0.05) is 13.8 Å². The summed E-state index contributed by atoms with van der Waals surface area (Å²) in [5, 5.41) is 31.0. The molecule has 3 aliphatic carbocycles. The topological polar surface area (TPSA) is 113 Å². The van der Waals surface area contributed by atoms with E-state index in [-0.39, 0.29) is 28.6 Å². The summed E-state index contributed by atoms with van der Waals surface area (Å²) in [5.41, 5.74) is -2.19. The van der Waals surface area contributed by atoms with E-state index < -0.39 is 28.7 Å². The zero-order chi connectivity index (χ0) is 22.1. The van der Waals surface area contributed by atoms with Crippen LogP contribution in [0.5, 0.6) is 11.5 Å². The lowest BCUT2D eigenvalue weighted by atomic mass is 9.43. The number of hydrogen-bond donors (Lipinski definition) is 3. The summed E-state index contributed by atoms with van der Waals surface area (Å²) >= 11 is 0. The Morgan fingerprint density at radius 2 is 1.97 bits per heavy atom. The number of benzene rings is 1. The molecule has 4 rings (SSSR count). The van der Waals surface area contributed by atoms with Gasteiger partial charge in [0.2, 0.25) is 0 Å². The predicted octanol–water partition coefficient (Wildman–Crippen LogP) is 2.64. The first-order valence-corrected chi connectivity index (χ1v) is 10.2. The molecular weight excluding hydrogens is 388 g/mol. The number of esters is 1. The number of aromatic hydroxyl groups is 2. The lowest BCUT2D eigenvalue weighted by molar-refractivity contribution is -0.272. The van der Waals surface area contributed by atoms with Gasteiger partial charge < -0.3 is 24.8 Å². The molecule has 3 N–H and O–H groups in total. The van der Waals surface area contributed by atoms with Crippen molar-refractivity contribution < 1.29 is 34.4 Å². The van der Waals surface area contributed by atoms with Gasteiger partial charge in [0.25, 0.3) is 0 Å². The third kappa shape index (κ3) is 2.51. The first kappa shape index (κ1) is 20.9. The molecule has 0 bridgehead atoms. The van der Waals surface area contributed by atoms with E-state index in [9.17, 15) is 24.9 Å². The fraction of sp³-hybridized carbons (Fsp3) is 0.565. The highest BCUT2D eigenvalue weighted by Crippen LogP contribution is 2.69. The van der Waals surface area contributed by atoms with Crippen molar-refractivity contribution in [3.8, 4) is 11.5 Å². The largest absolute Gasteiger partial charge is 0.508 e. The Labute approximate surface area is 175 Å². The zero-order valence-corrected chi connectivity index (χ0v) is 17.6. The van der Waals surface area contributed by atoms with Crippen LogP contribution >= 0.6 is 0 Å². The van der Waals surface area contributed by atoms with Gasteiger partial charge >= 0.3 is 5.97 Å². The van der Waals surface area contributed by atoms with Gasteiger partial charge in [0.05, 0.1) is 5.60 Å². The number of aldehydes is 1. The van der Waals surface area contributed by atoms with Crippen molar-refractivity contribution in [3.63, 3.8) is 0 Å². The van der Waals surface area contributed by atoms with Crippen molar-refractivity contribution in [2.45, 2.75) is 57.3 Å². The number of phenolic OH excluding ortho intramolecular Hbond substituents is 2. The van der Waals surface area contributed by atoms with Gasteiger partial charge in [-0.25, -0.2) is 4.79 Å². The molecule has 0 saturated heterocycles. The van der Waals surface area contributed by atoms with Crippen LogP contribution in [0.4, 0.5) is 0 Å². The average molecular weight is 416 g/mol. The molecule has 0 spiro atoms. The van der Waals surface area contributed by atoms with E-state index in [4.69, 9.17) is 9.47 Å². The van der Waals surface area contributed by atoms with Crippen LogP contribution in [0.2, 0.25) is 0 Å². The van der Waals surface area contributed by atoms with Crippen molar-refractivity contribution in [2.24, 2.45) is 17.3 Å². The molecule has 162 valence electrons. The van der Waals surface area contributed by atoms with E-state index in [1.165, 1.54) is 13.2 Å². The fourth-order valence-electron chi connectivity index (χ4n) is 6.50. The molecule has 7 heteroatoms. The highest BCUT2D eigenvalue weighted by atomic mass is 16.6. The molecule has 0 aromatic heterocycles. The van der Waals surface area contributed by atoms with E-state index in [1.807, 2.05) is 6.92 Å². The molecule has 1 aromatic carbocycles. The van der Waals surface area contributed by atoms with E-state index in [2.05, 4.69) is 6.92 Å². The molecule has 30 heavy (non-hydrogen) atoms. The van der Waals surface area contributed by atoms with Crippen LogP contribution in [-0.4, -0.2) is 52.0 Å². The number of methoxy groups -OCH3 is 1. The Balaban J connectivity index is 1.72. The first-order valence-electron chi connectivity index (χ1n) is 10.2. The summed E-state index contributed by atoms with van der Waals surface area (Å²) in [5.74, 6) is -1.10. The maximum absolute atomic E-state index is 12.9. The number of aliphatic hydroxyl groups is 1. The van der Waals surface area contributed by atoms with E-state index in [0.717, 1.165) is 12.5 Å². The van der Waals surface area contributed by atoms with Crippen LogP contribution in [0.3, 0.4) is 0 Å². The van der Waals surface area contributed by atoms with Crippen LogP contribution in [0.1, 0.15) is 49.0 Å². The van der Waals surface area contributed by atoms with E-state index >= 15 is 0 Å². The highest BCUT2D eigenvalue weighted by molar-refractivity contribution is 5.94. The number of ether oxygens (including phenoxy) is 2. The summed E-state index contributed by atoms with van der Waals surface area (Å²) in [6, 6.07) is 2.45. The number of rotatable bonds is 4. The number of phenols is 2. The molecule has 0 amide bonds. The summed E-state index contributed by atoms with van der Waals surface area (Å²) in [4.78, 5) is 24.9. The van der Waals surface area contributed by atoms with Crippen LogP contribution in [0, 0.1) is 24.2 Å². The molecule has 0 heterocycles. The van der Waals surface area contributed by atoms with Crippen LogP contribution < -0.4 is 0 Å². The van der Waals surface area contributed by atoms with Crippen LogP contribution in [-0.2, 0) is 14.3 Å². The van der Waals surface area contributed by atoms with E-state index in [1.54, 1.807) is 13.0 Å². The number of hydrogen-bond acceptors (Lipinski definition) is 7. The van der Waals surface area contributed by atoms with Gasteiger partial charge in [0, 0.05) is 30.1 Å². The summed E-state index contributed by atoms with van der Waals surface area (Å²) in [6.07, 6.45) is 3.33. The van der Waals surface area contributed by atoms with Gasteiger partial charge in [-0.05, 0) is 49.8 Å². The summed E-state index contributed by atoms with van der Waals surface area (Å²) < 4.78 is 11.7. The SMILES string of the molecule is COC12C(C=O)=CC3(O)CC(C)CC3C1(C)CC2OC(=O)c1c(C)cc(O)cc1O. The first-order chi connectivity index (χ1) is 14.0. The molecule has 2 fully saturated rings. The molecule has 3 aliphatic rings. The van der Waals surface area contributed by atoms with Gasteiger partial charge in [-0.15, -0.1) is 0 Å². The smallest absolute Gasteiger partial charge is 0.342 e. The van der Waals surface area contributed by atoms with Crippen molar-refractivity contribution in [1.29, 1.82) is 0 Å². The Bertz CT molecular complexity index is 930. The number of fused-ring (bicyclic) bond motifs is 3. The summed E-state index contributed by atoms with van der Waals surface area (Å²) in [6.45, 7) is 5.65. The number of carbonyl (C=O) groups excluding carboxylic acids is 2. The molecule has 2 saturated carbocycles. The minimum Gasteiger partial charge on any atom is -0.508 e. The molecule has 6 atom stereocenters.